The van der Waals surface area contributed by atoms with Crippen LogP contribution in [0, 0.1) is 5.92 Å². The molecule has 6 nitrogen and oxygen atoms in total. The zero-order chi connectivity index (χ0) is 17.5. The molecule has 132 valence electrons. The zero-order valence-corrected chi connectivity index (χ0v) is 14.9. The van der Waals surface area contributed by atoms with Crippen LogP contribution in [0.25, 0.3) is 16.7 Å². The van der Waals surface area contributed by atoms with Crippen LogP contribution in [0.5, 0.6) is 5.75 Å². The molecule has 1 saturated carbocycles. The first-order valence-electron chi connectivity index (χ1n) is 8.80. The Bertz CT molecular complexity index is 1070. The molecule has 26 heavy (non-hydrogen) atoms. The van der Waals surface area contributed by atoms with Gasteiger partial charge in [-0.05, 0) is 37.3 Å². The predicted molar refractivity (Wildman–Crippen MR) is 99.6 cm³/mol. The Labute approximate surface area is 155 Å². The first kappa shape index (κ1) is 15.6. The van der Waals surface area contributed by atoms with Gasteiger partial charge in [-0.1, -0.05) is 11.6 Å². The maximum atomic E-state index is 6.17. The number of hydrogen-bond acceptors (Lipinski definition) is 4. The first-order valence-corrected chi connectivity index (χ1v) is 9.18. The van der Waals surface area contributed by atoms with Crippen LogP contribution in [0.2, 0.25) is 5.15 Å². The monoisotopic (exact) mass is 367 g/mol. The predicted octanol–water partition coefficient (Wildman–Crippen LogP) is 4.15. The second-order valence-corrected chi connectivity index (χ2v) is 7.18. The lowest BCUT2D eigenvalue weighted by Crippen LogP contribution is -2.11. The number of halogens is 1. The molecule has 1 aliphatic carbocycles. The van der Waals surface area contributed by atoms with Crippen molar-refractivity contribution in [1.82, 2.24) is 23.9 Å². The van der Waals surface area contributed by atoms with Gasteiger partial charge < -0.3 is 13.7 Å². The van der Waals surface area contributed by atoms with Gasteiger partial charge in [0.15, 0.2) is 0 Å². The van der Waals surface area contributed by atoms with Crippen molar-refractivity contribution in [2.75, 3.05) is 6.61 Å². The van der Waals surface area contributed by atoms with Crippen molar-refractivity contribution in [2.24, 2.45) is 5.92 Å². The van der Waals surface area contributed by atoms with E-state index in [0.717, 1.165) is 48.3 Å². The molecular formula is C19H18ClN5O. The Morgan fingerprint density at radius 1 is 1.12 bits per heavy atom. The van der Waals surface area contributed by atoms with Crippen LogP contribution in [0.4, 0.5) is 0 Å². The summed E-state index contributed by atoms with van der Waals surface area (Å²) in [6.07, 6.45) is 12.7. The Kier molecular flexibility index (Phi) is 3.78. The van der Waals surface area contributed by atoms with Gasteiger partial charge in [-0.15, -0.1) is 0 Å². The summed E-state index contributed by atoms with van der Waals surface area (Å²) in [5.41, 5.74) is 1.82. The van der Waals surface area contributed by atoms with Crippen molar-refractivity contribution in [1.29, 1.82) is 0 Å². The fraction of sp³-hybridized carbons (Fsp3) is 0.316. The molecular weight excluding hydrogens is 350 g/mol. The summed E-state index contributed by atoms with van der Waals surface area (Å²) in [6, 6.07) is 6.40. The van der Waals surface area contributed by atoms with Gasteiger partial charge in [0.05, 0.1) is 12.0 Å². The molecule has 4 aromatic heterocycles. The normalized spacial score (nSPS) is 20.2. The van der Waals surface area contributed by atoms with E-state index in [2.05, 4.69) is 25.7 Å². The van der Waals surface area contributed by atoms with Crippen molar-refractivity contribution in [3.8, 4) is 5.75 Å². The van der Waals surface area contributed by atoms with E-state index in [-0.39, 0.29) is 0 Å². The number of hydrogen-bond donors (Lipinski definition) is 0. The van der Waals surface area contributed by atoms with Crippen molar-refractivity contribution < 1.29 is 4.74 Å². The minimum atomic E-state index is 0.432. The molecule has 7 heteroatoms. The standard InChI is InChI=1S/C19H18ClN5O/c20-18-16-4-7-25(19(16)23-12-22-18)14-2-1-13(9-14)11-26-15-3-6-24-8-5-21-17(24)10-15/h3-8,10,12-14H,1-2,9,11H2. The zero-order valence-electron chi connectivity index (χ0n) is 14.1. The molecule has 0 spiro atoms. The van der Waals surface area contributed by atoms with Gasteiger partial charge in [0, 0.05) is 36.9 Å². The van der Waals surface area contributed by atoms with E-state index in [1.807, 2.05) is 35.0 Å². The number of pyridine rings is 1. The van der Waals surface area contributed by atoms with Crippen LogP contribution in [0.1, 0.15) is 25.3 Å². The highest BCUT2D eigenvalue weighted by atomic mass is 35.5. The van der Waals surface area contributed by atoms with E-state index in [4.69, 9.17) is 16.3 Å². The van der Waals surface area contributed by atoms with Gasteiger partial charge >= 0.3 is 0 Å². The molecule has 0 aromatic carbocycles. The molecule has 2 unspecified atom stereocenters. The minimum Gasteiger partial charge on any atom is -0.493 e. The second-order valence-electron chi connectivity index (χ2n) is 6.82. The molecule has 4 heterocycles. The second kappa shape index (κ2) is 6.29. The molecule has 0 aliphatic heterocycles. The summed E-state index contributed by atoms with van der Waals surface area (Å²) in [4.78, 5) is 12.8. The summed E-state index contributed by atoms with van der Waals surface area (Å²) in [7, 11) is 0. The Hall–Kier alpha value is -2.60. The van der Waals surface area contributed by atoms with Crippen molar-refractivity contribution in [2.45, 2.75) is 25.3 Å². The fourth-order valence-electron chi connectivity index (χ4n) is 3.88. The van der Waals surface area contributed by atoms with Crippen LogP contribution in [-0.2, 0) is 0 Å². The third-order valence-electron chi connectivity index (χ3n) is 5.22. The van der Waals surface area contributed by atoms with Gasteiger partial charge in [-0.3, -0.25) is 0 Å². The molecule has 0 radical (unpaired) electrons. The van der Waals surface area contributed by atoms with Crippen molar-refractivity contribution >= 4 is 28.3 Å². The van der Waals surface area contributed by atoms with Crippen LogP contribution in [0.15, 0.2) is 49.3 Å². The highest BCUT2D eigenvalue weighted by molar-refractivity contribution is 6.33. The average molecular weight is 368 g/mol. The van der Waals surface area contributed by atoms with E-state index >= 15 is 0 Å². The first-order chi connectivity index (χ1) is 12.8. The lowest BCUT2D eigenvalue weighted by Gasteiger charge is -2.15. The number of rotatable bonds is 4. The van der Waals surface area contributed by atoms with Gasteiger partial charge in [-0.25, -0.2) is 15.0 Å². The van der Waals surface area contributed by atoms with Crippen LogP contribution < -0.4 is 4.74 Å². The van der Waals surface area contributed by atoms with E-state index in [9.17, 15) is 0 Å². The van der Waals surface area contributed by atoms with Crippen LogP contribution in [0.3, 0.4) is 0 Å². The third kappa shape index (κ3) is 2.70. The average Bonchev–Trinajstić information content (AvgIpc) is 3.38. The maximum absolute atomic E-state index is 6.17. The van der Waals surface area contributed by atoms with E-state index in [1.54, 1.807) is 6.20 Å². The number of fused-ring (bicyclic) bond motifs is 2. The number of nitrogens with zero attached hydrogens (tertiary/aromatic N) is 5. The van der Waals surface area contributed by atoms with E-state index < -0.39 is 0 Å². The molecule has 0 amide bonds. The lowest BCUT2D eigenvalue weighted by molar-refractivity contribution is 0.248. The highest BCUT2D eigenvalue weighted by Crippen LogP contribution is 2.37. The molecule has 0 saturated heterocycles. The van der Waals surface area contributed by atoms with E-state index in [0.29, 0.717) is 17.1 Å². The molecule has 4 aromatic rings. The number of aromatic nitrogens is 5. The third-order valence-corrected chi connectivity index (χ3v) is 5.52. The fourth-order valence-corrected chi connectivity index (χ4v) is 4.07. The van der Waals surface area contributed by atoms with Crippen molar-refractivity contribution in [3.63, 3.8) is 0 Å². The number of ether oxygens (including phenoxy) is 1. The quantitative estimate of drug-likeness (QED) is 0.508. The Morgan fingerprint density at radius 3 is 3.04 bits per heavy atom. The topological polar surface area (TPSA) is 57.2 Å². The van der Waals surface area contributed by atoms with E-state index in [1.165, 1.54) is 6.33 Å². The van der Waals surface area contributed by atoms with Crippen molar-refractivity contribution in [3.05, 3.63) is 54.5 Å². The molecule has 2 atom stereocenters. The molecule has 1 fully saturated rings. The molecule has 5 rings (SSSR count). The van der Waals surface area contributed by atoms with Gasteiger partial charge in [0.2, 0.25) is 0 Å². The van der Waals surface area contributed by atoms with Crippen LogP contribution in [-0.4, -0.2) is 30.5 Å². The van der Waals surface area contributed by atoms with Gasteiger partial charge in [-0.2, -0.15) is 0 Å². The Morgan fingerprint density at radius 2 is 2.08 bits per heavy atom. The minimum absolute atomic E-state index is 0.432. The summed E-state index contributed by atoms with van der Waals surface area (Å²) >= 11 is 6.17. The Balaban J connectivity index is 1.27. The molecule has 0 bridgehead atoms. The highest BCUT2D eigenvalue weighted by Gasteiger charge is 2.27. The summed E-state index contributed by atoms with van der Waals surface area (Å²) in [6.45, 7) is 0.725. The summed E-state index contributed by atoms with van der Waals surface area (Å²) in [5, 5.41) is 1.43. The molecule has 1 aliphatic rings. The molecule has 0 N–H and O–H groups in total. The van der Waals surface area contributed by atoms with Gasteiger partial charge in [0.25, 0.3) is 0 Å². The lowest BCUT2D eigenvalue weighted by atomic mass is 10.1. The maximum Gasteiger partial charge on any atom is 0.145 e. The largest absolute Gasteiger partial charge is 0.493 e. The van der Waals surface area contributed by atoms with Crippen LogP contribution >= 0.6 is 11.6 Å². The summed E-state index contributed by atoms with van der Waals surface area (Å²) < 4.78 is 10.2. The number of imidazole rings is 1. The van der Waals surface area contributed by atoms with Gasteiger partial charge in [0.1, 0.15) is 28.5 Å². The summed E-state index contributed by atoms with van der Waals surface area (Å²) in [5.74, 6) is 1.41. The smallest absolute Gasteiger partial charge is 0.145 e. The SMILES string of the molecule is Clc1ncnc2c1ccn2C1CCC(COc2ccn3ccnc3c2)C1.